The maximum Gasteiger partial charge on any atom is 0.251 e. The Morgan fingerprint density at radius 2 is 1.94 bits per heavy atom. The van der Waals surface area contributed by atoms with Crippen LogP contribution in [0.1, 0.15) is 22.3 Å². The Labute approximate surface area is 96.2 Å². The number of rotatable bonds is 3. The van der Waals surface area contributed by atoms with Gasteiger partial charge in [-0.15, -0.1) is 0 Å². The normalized spacial score (nSPS) is 9.12. The minimum Gasteiger partial charge on any atom is -0.355 e. The molecular formula is C13H16N2O. The number of benzene rings is 1. The van der Waals surface area contributed by atoms with Gasteiger partial charge < -0.3 is 10.6 Å². The molecule has 3 nitrogen and oxygen atoms in total. The van der Waals surface area contributed by atoms with Crippen LogP contribution in [0.5, 0.6) is 0 Å². The summed E-state index contributed by atoms with van der Waals surface area (Å²) >= 11 is 0. The maximum atomic E-state index is 11.3. The van der Waals surface area contributed by atoms with E-state index in [9.17, 15) is 4.79 Å². The number of nitrogens with one attached hydrogen (secondary N) is 2. The summed E-state index contributed by atoms with van der Waals surface area (Å²) in [6.07, 6.45) is 0.827. The monoisotopic (exact) mass is 216 g/mol. The van der Waals surface area contributed by atoms with E-state index in [1.807, 2.05) is 19.2 Å². The Balaban J connectivity index is 2.63. The van der Waals surface area contributed by atoms with Crippen molar-refractivity contribution in [3.8, 4) is 11.8 Å². The first-order valence-electron chi connectivity index (χ1n) is 5.23. The molecular weight excluding hydrogens is 200 g/mol. The molecule has 2 N–H and O–H groups in total. The van der Waals surface area contributed by atoms with Crippen LogP contribution >= 0.6 is 0 Å². The molecule has 0 radical (unpaired) electrons. The molecule has 0 heterocycles. The smallest absolute Gasteiger partial charge is 0.251 e. The molecule has 0 aliphatic heterocycles. The summed E-state index contributed by atoms with van der Waals surface area (Å²) in [6.45, 7) is 0.892. The quantitative estimate of drug-likeness (QED) is 0.585. The first-order chi connectivity index (χ1) is 7.77. The molecule has 0 saturated carbocycles. The second kappa shape index (κ2) is 6.65. The minimum atomic E-state index is -0.0744. The molecule has 1 aromatic carbocycles. The Bertz CT molecular complexity index is 398. The summed E-state index contributed by atoms with van der Waals surface area (Å²) in [5.74, 6) is 6.02. The lowest BCUT2D eigenvalue weighted by molar-refractivity contribution is 0.0963. The molecule has 16 heavy (non-hydrogen) atoms. The van der Waals surface area contributed by atoms with Crippen LogP contribution in [0, 0.1) is 11.8 Å². The van der Waals surface area contributed by atoms with E-state index in [0.717, 1.165) is 18.5 Å². The third-order valence-electron chi connectivity index (χ3n) is 2.11. The Morgan fingerprint density at radius 1 is 1.25 bits per heavy atom. The second-order valence-corrected chi connectivity index (χ2v) is 3.31. The summed E-state index contributed by atoms with van der Waals surface area (Å²) in [6, 6.07) is 7.27. The predicted molar refractivity (Wildman–Crippen MR) is 65.3 cm³/mol. The molecule has 0 bridgehead atoms. The third-order valence-corrected chi connectivity index (χ3v) is 2.11. The molecule has 0 aromatic heterocycles. The van der Waals surface area contributed by atoms with Crippen LogP contribution in [0.15, 0.2) is 24.3 Å². The molecule has 0 unspecified atom stereocenters. The first-order valence-corrected chi connectivity index (χ1v) is 5.23. The lowest BCUT2D eigenvalue weighted by atomic mass is 10.1. The summed E-state index contributed by atoms with van der Waals surface area (Å²) in [4.78, 5) is 11.3. The van der Waals surface area contributed by atoms with Crippen molar-refractivity contribution >= 4 is 5.91 Å². The Hall–Kier alpha value is -1.79. The standard InChI is InChI=1S/C13H16N2O/c1-14-10-4-3-5-11-6-8-12(9-7-11)13(16)15-2/h6-9,14H,4,10H2,1-2H3,(H,15,16). The maximum absolute atomic E-state index is 11.3. The summed E-state index contributed by atoms with van der Waals surface area (Å²) in [5.41, 5.74) is 1.59. The highest BCUT2D eigenvalue weighted by molar-refractivity contribution is 5.94. The van der Waals surface area contributed by atoms with Crippen molar-refractivity contribution in [2.75, 3.05) is 20.6 Å². The summed E-state index contributed by atoms with van der Waals surface area (Å²) in [5, 5.41) is 5.61. The zero-order valence-corrected chi connectivity index (χ0v) is 9.63. The number of carbonyl (C=O) groups is 1. The number of hydrogen-bond acceptors (Lipinski definition) is 2. The van der Waals surface area contributed by atoms with Crippen molar-refractivity contribution in [3.05, 3.63) is 35.4 Å². The van der Waals surface area contributed by atoms with Crippen LogP contribution in [-0.4, -0.2) is 26.5 Å². The lowest BCUT2D eigenvalue weighted by Gasteiger charge is -1.98. The van der Waals surface area contributed by atoms with E-state index in [2.05, 4.69) is 22.5 Å². The van der Waals surface area contributed by atoms with Crippen LogP contribution in [-0.2, 0) is 0 Å². The van der Waals surface area contributed by atoms with Gasteiger partial charge in [-0.05, 0) is 31.3 Å². The highest BCUT2D eigenvalue weighted by Crippen LogP contribution is 2.02. The Morgan fingerprint density at radius 3 is 2.50 bits per heavy atom. The van der Waals surface area contributed by atoms with Crippen molar-refractivity contribution in [3.63, 3.8) is 0 Å². The molecule has 3 heteroatoms. The van der Waals surface area contributed by atoms with Crippen molar-refractivity contribution in [1.82, 2.24) is 10.6 Å². The van der Waals surface area contributed by atoms with Gasteiger partial charge in [0.15, 0.2) is 0 Å². The predicted octanol–water partition coefficient (Wildman–Crippen LogP) is 1.01. The van der Waals surface area contributed by atoms with Crippen molar-refractivity contribution in [2.45, 2.75) is 6.42 Å². The lowest BCUT2D eigenvalue weighted by Crippen LogP contribution is -2.17. The van der Waals surface area contributed by atoms with Gasteiger partial charge in [0.2, 0.25) is 0 Å². The molecule has 0 spiro atoms. The molecule has 1 rings (SSSR count). The highest BCUT2D eigenvalue weighted by Gasteiger charge is 2.00. The van der Waals surface area contributed by atoms with Crippen molar-refractivity contribution in [1.29, 1.82) is 0 Å². The molecule has 84 valence electrons. The summed E-state index contributed by atoms with van der Waals surface area (Å²) in [7, 11) is 3.52. The van der Waals surface area contributed by atoms with Gasteiger partial charge in [-0.1, -0.05) is 11.8 Å². The van der Waals surface area contributed by atoms with Gasteiger partial charge >= 0.3 is 0 Å². The van der Waals surface area contributed by atoms with E-state index in [0.29, 0.717) is 5.56 Å². The molecule has 0 aliphatic carbocycles. The number of amides is 1. The average Bonchev–Trinajstić information content (AvgIpc) is 2.34. The van der Waals surface area contributed by atoms with Gasteiger partial charge in [-0.25, -0.2) is 0 Å². The fraction of sp³-hybridized carbons (Fsp3) is 0.308. The molecule has 0 aliphatic rings. The van der Waals surface area contributed by atoms with Crippen LogP contribution in [0.4, 0.5) is 0 Å². The topological polar surface area (TPSA) is 41.1 Å². The second-order valence-electron chi connectivity index (χ2n) is 3.31. The fourth-order valence-corrected chi connectivity index (χ4v) is 1.20. The van der Waals surface area contributed by atoms with E-state index in [1.165, 1.54) is 0 Å². The van der Waals surface area contributed by atoms with Gasteiger partial charge in [0.05, 0.1) is 0 Å². The largest absolute Gasteiger partial charge is 0.355 e. The van der Waals surface area contributed by atoms with Crippen molar-refractivity contribution in [2.24, 2.45) is 0 Å². The van der Waals surface area contributed by atoms with Crippen LogP contribution < -0.4 is 10.6 Å². The van der Waals surface area contributed by atoms with E-state index < -0.39 is 0 Å². The fourth-order valence-electron chi connectivity index (χ4n) is 1.20. The third kappa shape index (κ3) is 3.76. The van der Waals surface area contributed by atoms with Crippen LogP contribution in [0.3, 0.4) is 0 Å². The van der Waals surface area contributed by atoms with E-state index in [1.54, 1.807) is 19.2 Å². The van der Waals surface area contributed by atoms with Gasteiger partial charge in [0.1, 0.15) is 0 Å². The molecule has 1 aromatic rings. The van der Waals surface area contributed by atoms with Gasteiger partial charge in [0, 0.05) is 31.1 Å². The molecule has 0 saturated heterocycles. The van der Waals surface area contributed by atoms with E-state index >= 15 is 0 Å². The Kier molecular flexibility index (Phi) is 5.10. The van der Waals surface area contributed by atoms with Gasteiger partial charge in [0.25, 0.3) is 5.91 Å². The minimum absolute atomic E-state index is 0.0744. The van der Waals surface area contributed by atoms with E-state index in [-0.39, 0.29) is 5.91 Å². The van der Waals surface area contributed by atoms with Crippen LogP contribution in [0.2, 0.25) is 0 Å². The molecule has 0 fully saturated rings. The van der Waals surface area contributed by atoms with Crippen LogP contribution in [0.25, 0.3) is 0 Å². The van der Waals surface area contributed by atoms with Crippen molar-refractivity contribution < 1.29 is 4.79 Å². The zero-order valence-electron chi connectivity index (χ0n) is 9.63. The zero-order chi connectivity index (χ0) is 11.8. The summed E-state index contributed by atoms with van der Waals surface area (Å²) < 4.78 is 0. The van der Waals surface area contributed by atoms with E-state index in [4.69, 9.17) is 0 Å². The molecule has 0 atom stereocenters. The first kappa shape index (κ1) is 12.3. The SMILES string of the molecule is CNCCC#Cc1ccc(C(=O)NC)cc1. The van der Waals surface area contributed by atoms with Gasteiger partial charge in [-0.3, -0.25) is 4.79 Å². The number of carbonyl (C=O) groups excluding carboxylic acids is 1. The van der Waals surface area contributed by atoms with Gasteiger partial charge in [-0.2, -0.15) is 0 Å². The average molecular weight is 216 g/mol. The number of hydrogen-bond donors (Lipinski definition) is 2. The highest BCUT2D eigenvalue weighted by atomic mass is 16.1. The molecule has 1 amide bonds.